The maximum atomic E-state index is 11.8. The molecule has 0 aliphatic carbocycles. The minimum Gasteiger partial charge on any atom is -0.462 e. The highest BCUT2D eigenvalue weighted by molar-refractivity contribution is 7.90. The van der Waals surface area contributed by atoms with Crippen molar-refractivity contribution in [3.8, 4) is 0 Å². The first-order valence-electron chi connectivity index (χ1n) is 6.92. The van der Waals surface area contributed by atoms with E-state index in [0.29, 0.717) is 17.7 Å². The Labute approximate surface area is 138 Å². The molecule has 7 heteroatoms. The van der Waals surface area contributed by atoms with Crippen LogP contribution in [0, 0.1) is 0 Å². The van der Waals surface area contributed by atoms with E-state index in [4.69, 9.17) is 4.74 Å². The summed E-state index contributed by atoms with van der Waals surface area (Å²) in [5, 5.41) is 1.84. The van der Waals surface area contributed by atoms with E-state index >= 15 is 0 Å². The van der Waals surface area contributed by atoms with Gasteiger partial charge in [0.25, 0.3) is 0 Å². The molecule has 1 aromatic carbocycles. The van der Waals surface area contributed by atoms with Gasteiger partial charge >= 0.3 is 5.97 Å². The highest BCUT2D eigenvalue weighted by Gasteiger charge is 2.11. The van der Waals surface area contributed by atoms with E-state index in [1.54, 1.807) is 6.07 Å². The summed E-state index contributed by atoms with van der Waals surface area (Å²) < 4.78 is 27.8. The lowest BCUT2D eigenvalue weighted by Crippen LogP contribution is -2.08. The maximum absolute atomic E-state index is 11.8. The summed E-state index contributed by atoms with van der Waals surface area (Å²) in [5.74, 6) is -0.498. The zero-order chi connectivity index (χ0) is 16.9. The van der Waals surface area contributed by atoms with Gasteiger partial charge in [0.2, 0.25) is 0 Å². The van der Waals surface area contributed by atoms with E-state index < -0.39 is 15.8 Å². The molecule has 0 aliphatic heterocycles. The molecular weight excluding hydrogens is 336 g/mol. The molecule has 0 bridgehead atoms. The topological polar surface area (TPSA) is 77.5 Å². The van der Waals surface area contributed by atoms with Crippen molar-refractivity contribution in [3.63, 3.8) is 0 Å². The van der Waals surface area contributed by atoms with Crippen LogP contribution in [0.4, 0.5) is 0 Å². The van der Waals surface area contributed by atoms with Crippen molar-refractivity contribution >= 4 is 32.9 Å². The van der Waals surface area contributed by atoms with Crippen LogP contribution >= 0.6 is 11.3 Å². The fraction of sp³-hybridized carbons (Fsp3) is 0.250. The van der Waals surface area contributed by atoms with Gasteiger partial charge in [0, 0.05) is 12.7 Å². The summed E-state index contributed by atoms with van der Waals surface area (Å²) in [5.41, 5.74) is 0.280. The monoisotopic (exact) mass is 352 g/mol. The molecule has 0 radical (unpaired) electrons. The molecule has 0 saturated carbocycles. The number of thiophene rings is 1. The predicted molar refractivity (Wildman–Crippen MR) is 87.7 cm³/mol. The second kappa shape index (κ2) is 7.52. The molecule has 5 nitrogen and oxygen atoms in total. The number of carbonyl (C=O) groups excluding carboxylic acids is 2. The average Bonchev–Trinajstić information content (AvgIpc) is 3.05. The fourth-order valence-corrected chi connectivity index (χ4v) is 3.20. The molecule has 0 N–H and O–H groups in total. The van der Waals surface area contributed by atoms with Gasteiger partial charge in [-0.25, -0.2) is 13.2 Å². The molecule has 1 aromatic heterocycles. The number of hydrogen-bond donors (Lipinski definition) is 0. The summed E-state index contributed by atoms with van der Waals surface area (Å²) in [7, 11) is -3.29. The summed E-state index contributed by atoms with van der Waals surface area (Å²) >= 11 is 1.39. The number of Topliss-reactive ketones (excluding diaryl/α,β-unsaturated/α-hetero) is 1. The van der Waals surface area contributed by atoms with Gasteiger partial charge in [-0.3, -0.25) is 4.79 Å². The average molecular weight is 352 g/mol. The van der Waals surface area contributed by atoms with Crippen LogP contribution in [0.1, 0.15) is 32.9 Å². The molecule has 0 amide bonds. The minimum absolute atomic E-state index is 0.0357. The van der Waals surface area contributed by atoms with E-state index in [2.05, 4.69) is 0 Å². The van der Waals surface area contributed by atoms with Crippen LogP contribution in [0.2, 0.25) is 0 Å². The highest BCUT2D eigenvalue weighted by atomic mass is 32.2. The maximum Gasteiger partial charge on any atom is 0.338 e. The van der Waals surface area contributed by atoms with Gasteiger partial charge in [-0.1, -0.05) is 6.07 Å². The third kappa shape index (κ3) is 5.01. The second-order valence-corrected chi connectivity index (χ2v) is 7.90. The number of sulfone groups is 1. The molecule has 0 saturated heterocycles. The second-order valence-electron chi connectivity index (χ2n) is 4.94. The summed E-state index contributed by atoms with van der Waals surface area (Å²) in [4.78, 5) is 24.4. The molecule has 122 valence electrons. The van der Waals surface area contributed by atoms with Crippen LogP contribution < -0.4 is 0 Å². The van der Waals surface area contributed by atoms with Crippen LogP contribution in [-0.4, -0.2) is 33.0 Å². The lowest BCUT2D eigenvalue weighted by Gasteiger charge is -2.05. The third-order valence-corrected chi connectivity index (χ3v) is 5.13. The fourth-order valence-electron chi connectivity index (χ4n) is 1.88. The normalized spacial score (nSPS) is 11.2. The van der Waals surface area contributed by atoms with Crippen LogP contribution in [-0.2, 0) is 14.6 Å². The molecule has 2 aromatic rings. The lowest BCUT2D eigenvalue weighted by atomic mass is 10.2. The molecule has 0 atom stereocenters. The van der Waals surface area contributed by atoms with Gasteiger partial charge in [-0.05, 0) is 42.1 Å². The molecule has 2 rings (SSSR count). The Morgan fingerprint density at radius 2 is 1.83 bits per heavy atom. The Balaban J connectivity index is 1.80. The van der Waals surface area contributed by atoms with Gasteiger partial charge in [-0.15, -0.1) is 11.3 Å². The number of esters is 1. The number of benzene rings is 1. The number of rotatable bonds is 7. The first-order valence-corrected chi connectivity index (χ1v) is 9.69. The third-order valence-electron chi connectivity index (χ3n) is 3.10. The summed E-state index contributed by atoms with van der Waals surface area (Å²) in [6.45, 7) is 0.143. The van der Waals surface area contributed by atoms with Crippen molar-refractivity contribution in [1.82, 2.24) is 0 Å². The van der Waals surface area contributed by atoms with Gasteiger partial charge in [0.15, 0.2) is 15.6 Å². The van der Waals surface area contributed by atoms with Crippen molar-refractivity contribution in [2.45, 2.75) is 17.7 Å². The number of hydrogen-bond acceptors (Lipinski definition) is 6. The van der Waals surface area contributed by atoms with Crippen molar-refractivity contribution in [2.75, 3.05) is 12.9 Å². The lowest BCUT2D eigenvalue weighted by molar-refractivity contribution is 0.0494. The van der Waals surface area contributed by atoms with E-state index in [1.807, 2.05) is 11.4 Å². The highest BCUT2D eigenvalue weighted by Crippen LogP contribution is 2.13. The van der Waals surface area contributed by atoms with Gasteiger partial charge < -0.3 is 4.74 Å². The quantitative estimate of drug-likeness (QED) is 0.435. The number of ether oxygens (including phenoxy) is 1. The Kier molecular flexibility index (Phi) is 5.68. The SMILES string of the molecule is CS(=O)(=O)c1ccc(C(=O)OCCCC(=O)c2cccs2)cc1. The van der Waals surface area contributed by atoms with Gasteiger partial charge in [-0.2, -0.15) is 0 Å². The summed E-state index contributed by atoms with van der Waals surface area (Å²) in [6.07, 6.45) is 1.87. The van der Waals surface area contributed by atoms with Gasteiger partial charge in [0.05, 0.1) is 21.9 Å². The van der Waals surface area contributed by atoms with Crippen molar-refractivity contribution in [2.24, 2.45) is 0 Å². The molecular formula is C16H16O5S2. The standard InChI is InChI=1S/C16H16O5S2/c1-23(19,20)13-8-6-12(7-9-13)16(18)21-10-2-4-14(17)15-5-3-11-22-15/h3,5-9,11H,2,4,10H2,1H3. The van der Waals surface area contributed by atoms with Crippen molar-refractivity contribution < 1.29 is 22.7 Å². The van der Waals surface area contributed by atoms with Crippen LogP contribution in [0.15, 0.2) is 46.7 Å². The van der Waals surface area contributed by atoms with E-state index in [0.717, 1.165) is 6.26 Å². The zero-order valence-electron chi connectivity index (χ0n) is 12.5. The predicted octanol–water partition coefficient (Wildman–Crippen LogP) is 2.97. The smallest absolute Gasteiger partial charge is 0.338 e. The Morgan fingerprint density at radius 3 is 2.39 bits per heavy atom. The van der Waals surface area contributed by atoms with Crippen molar-refractivity contribution in [1.29, 1.82) is 0 Å². The molecule has 0 spiro atoms. The van der Waals surface area contributed by atoms with Gasteiger partial charge in [0.1, 0.15) is 0 Å². The largest absolute Gasteiger partial charge is 0.462 e. The van der Waals surface area contributed by atoms with Crippen molar-refractivity contribution in [3.05, 3.63) is 52.2 Å². The Hall–Kier alpha value is -1.99. The minimum atomic E-state index is -3.29. The van der Waals surface area contributed by atoms with E-state index in [-0.39, 0.29) is 22.8 Å². The number of carbonyl (C=O) groups is 2. The van der Waals surface area contributed by atoms with Crippen LogP contribution in [0.5, 0.6) is 0 Å². The zero-order valence-corrected chi connectivity index (χ0v) is 14.2. The molecule has 1 heterocycles. The molecule has 0 unspecified atom stereocenters. The molecule has 23 heavy (non-hydrogen) atoms. The molecule has 0 fully saturated rings. The first kappa shape index (κ1) is 17.4. The number of ketones is 1. The Bertz CT molecular complexity index is 774. The van der Waals surface area contributed by atoms with E-state index in [9.17, 15) is 18.0 Å². The van der Waals surface area contributed by atoms with Crippen LogP contribution in [0.25, 0.3) is 0 Å². The first-order chi connectivity index (χ1) is 10.9. The summed E-state index contributed by atoms with van der Waals surface area (Å²) in [6, 6.07) is 9.14. The molecule has 0 aliphatic rings. The Morgan fingerprint density at radius 1 is 1.13 bits per heavy atom. The van der Waals surface area contributed by atoms with Crippen LogP contribution in [0.3, 0.4) is 0 Å². The van der Waals surface area contributed by atoms with E-state index in [1.165, 1.54) is 35.6 Å².